The SMILES string of the molecule is Cc1cc(NS(=O)(=O)c2c(NN)nc3ccccn23)no1. The van der Waals surface area contributed by atoms with Crippen molar-refractivity contribution in [3.05, 3.63) is 36.2 Å². The van der Waals surface area contributed by atoms with Crippen LogP contribution in [0.3, 0.4) is 0 Å². The highest BCUT2D eigenvalue weighted by molar-refractivity contribution is 7.92. The van der Waals surface area contributed by atoms with E-state index in [0.717, 1.165) is 0 Å². The van der Waals surface area contributed by atoms with E-state index >= 15 is 0 Å². The third kappa shape index (κ3) is 2.30. The fourth-order valence-electron chi connectivity index (χ4n) is 1.92. The minimum absolute atomic E-state index is 0.0360. The molecule has 0 amide bonds. The van der Waals surface area contributed by atoms with Crippen LogP contribution >= 0.6 is 0 Å². The summed E-state index contributed by atoms with van der Waals surface area (Å²) in [5.74, 6) is 5.97. The summed E-state index contributed by atoms with van der Waals surface area (Å²) in [5, 5.41) is 3.49. The largest absolute Gasteiger partial charge is 0.360 e. The van der Waals surface area contributed by atoms with Crippen LogP contribution in [0.15, 0.2) is 40.0 Å². The lowest BCUT2D eigenvalue weighted by Crippen LogP contribution is -2.19. The minimum atomic E-state index is -3.94. The second-order valence-corrected chi connectivity index (χ2v) is 5.86. The zero-order valence-corrected chi connectivity index (χ0v) is 11.8. The van der Waals surface area contributed by atoms with Gasteiger partial charge in [0.2, 0.25) is 5.03 Å². The quantitative estimate of drug-likeness (QED) is 0.478. The summed E-state index contributed by atoms with van der Waals surface area (Å²) in [4.78, 5) is 4.11. The molecular weight excluding hydrogens is 296 g/mol. The predicted octanol–water partition coefficient (Wildman–Crippen LogP) is 0.717. The highest BCUT2D eigenvalue weighted by Gasteiger charge is 2.26. The maximum absolute atomic E-state index is 12.5. The molecule has 0 radical (unpaired) electrons. The van der Waals surface area contributed by atoms with Crippen molar-refractivity contribution in [3.63, 3.8) is 0 Å². The number of hydrogen-bond acceptors (Lipinski definition) is 7. The fraction of sp³-hybridized carbons (Fsp3) is 0.0909. The zero-order valence-electron chi connectivity index (χ0n) is 10.9. The first kappa shape index (κ1) is 13.4. The van der Waals surface area contributed by atoms with Crippen molar-refractivity contribution in [2.75, 3.05) is 10.1 Å². The lowest BCUT2D eigenvalue weighted by atomic mass is 10.5. The molecule has 4 N–H and O–H groups in total. The van der Waals surface area contributed by atoms with Crippen LogP contribution in [0.5, 0.6) is 0 Å². The Balaban J connectivity index is 2.13. The molecule has 3 aromatic rings. The van der Waals surface area contributed by atoms with E-state index in [1.165, 1.54) is 10.5 Å². The Morgan fingerprint density at radius 2 is 2.19 bits per heavy atom. The first-order valence-electron chi connectivity index (χ1n) is 5.91. The summed E-state index contributed by atoms with van der Waals surface area (Å²) in [6, 6.07) is 6.57. The maximum Gasteiger partial charge on any atom is 0.283 e. The number of imidazole rings is 1. The number of hydrazine groups is 1. The van der Waals surface area contributed by atoms with Crippen molar-refractivity contribution in [3.8, 4) is 0 Å². The first-order valence-corrected chi connectivity index (χ1v) is 7.39. The van der Waals surface area contributed by atoms with Gasteiger partial charge in [0, 0.05) is 12.3 Å². The van der Waals surface area contributed by atoms with Crippen molar-refractivity contribution in [2.45, 2.75) is 11.9 Å². The maximum atomic E-state index is 12.5. The van der Waals surface area contributed by atoms with E-state index in [0.29, 0.717) is 11.4 Å². The summed E-state index contributed by atoms with van der Waals surface area (Å²) >= 11 is 0. The van der Waals surface area contributed by atoms with Gasteiger partial charge in [-0.25, -0.2) is 10.8 Å². The van der Waals surface area contributed by atoms with Gasteiger partial charge in [-0.2, -0.15) is 8.42 Å². The van der Waals surface area contributed by atoms with Crippen molar-refractivity contribution >= 4 is 27.3 Å². The molecule has 0 aliphatic heterocycles. The standard InChI is InChI=1S/C11H12N6O3S/c1-7-6-8(15-20-7)16-21(18,19)11-10(14-12)13-9-4-2-3-5-17(9)11/h2-6,14H,12H2,1H3,(H,15,16). The number of nitrogens with one attached hydrogen (secondary N) is 2. The van der Waals surface area contributed by atoms with Crippen molar-refractivity contribution in [1.29, 1.82) is 0 Å². The number of nitrogens with two attached hydrogens (primary N) is 1. The second kappa shape index (κ2) is 4.75. The number of nitrogens with zero attached hydrogens (tertiary/aromatic N) is 3. The minimum Gasteiger partial charge on any atom is -0.360 e. The van der Waals surface area contributed by atoms with Gasteiger partial charge >= 0.3 is 0 Å². The molecular formula is C11H12N6O3S. The van der Waals surface area contributed by atoms with Gasteiger partial charge in [-0.15, -0.1) is 0 Å². The van der Waals surface area contributed by atoms with Crippen LogP contribution in [0.4, 0.5) is 11.6 Å². The molecule has 0 atom stereocenters. The molecule has 3 heterocycles. The average Bonchev–Trinajstić information content (AvgIpc) is 3.01. The summed E-state index contributed by atoms with van der Waals surface area (Å²) in [5.41, 5.74) is 2.73. The predicted molar refractivity (Wildman–Crippen MR) is 75.1 cm³/mol. The molecule has 0 unspecified atom stereocenters. The molecule has 0 aliphatic rings. The summed E-state index contributed by atoms with van der Waals surface area (Å²) in [6.07, 6.45) is 1.58. The van der Waals surface area contributed by atoms with E-state index in [4.69, 9.17) is 10.4 Å². The number of aryl methyl sites for hydroxylation is 1. The van der Waals surface area contributed by atoms with Gasteiger partial charge in [-0.05, 0) is 19.1 Å². The van der Waals surface area contributed by atoms with Gasteiger partial charge in [-0.3, -0.25) is 9.12 Å². The summed E-state index contributed by atoms with van der Waals surface area (Å²) < 4.78 is 33.6. The number of rotatable bonds is 4. The van der Waals surface area contributed by atoms with Gasteiger partial charge in [0.1, 0.15) is 11.4 Å². The van der Waals surface area contributed by atoms with E-state index in [-0.39, 0.29) is 16.7 Å². The first-order chi connectivity index (χ1) is 10.0. The smallest absolute Gasteiger partial charge is 0.283 e. The van der Waals surface area contributed by atoms with Crippen LogP contribution in [0.1, 0.15) is 5.76 Å². The van der Waals surface area contributed by atoms with Crippen LogP contribution in [-0.2, 0) is 10.0 Å². The van der Waals surface area contributed by atoms with E-state index < -0.39 is 10.0 Å². The third-order valence-electron chi connectivity index (χ3n) is 2.74. The molecule has 0 aromatic carbocycles. The molecule has 110 valence electrons. The molecule has 0 spiro atoms. The third-order valence-corrected chi connectivity index (χ3v) is 4.12. The molecule has 0 saturated heterocycles. The van der Waals surface area contributed by atoms with Gasteiger partial charge in [0.05, 0.1) is 0 Å². The Hall–Kier alpha value is -2.59. The zero-order chi connectivity index (χ0) is 15.0. The van der Waals surface area contributed by atoms with Crippen LogP contribution in [0.2, 0.25) is 0 Å². The number of aromatic nitrogens is 3. The molecule has 3 aromatic heterocycles. The molecule has 9 nitrogen and oxygen atoms in total. The Bertz CT molecular complexity index is 898. The fourth-order valence-corrected chi connectivity index (χ4v) is 3.17. The Kier molecular flexibility index (Phi) is 3.03. The monoisotopic (exact) mass is 308 g/mol. The molecule has 3 rings (SSSR count). The van der Waals surface area contributed by atoms with E-state index in [1.54, 1.807) is 31.3 Å². The summed E-state index contributed by atoms with van der Waals surface area (Å²) in [7, 11) is -3.94. The number of nitrogen functional groups attached to an aromatic ring is 1. The van der Waals surface area contributed by atoms with Crippen LogP contribution < -0.4 is 16.0 Å². The van der Waals surface area contributed by atoms with Crippen LogP contribution in [-0.4, -0.2) is 23.0 Å². The molecule has 0 bridgehead atoms. The van der Waals surface area contributed by atoms with E-state index in [1.807, 2.05) is 0 Å². The number of hydrogen-bond donors (Lipinski definition) is 3. The van der Waals surface area contributed by atoms with Crippen molar-refractivity contribution in [2.24, 2.45) is 5.84 Å². The van der Waals surface area contributed by atoms with Crippen molar-refractivity contribution in [1.82, 2.24) is 14.5 Å². The van der Waals surface area contributed by atoms with Crippen LogP contribution in [0, 0.1) is 6.92 Å². The molecule has 10 heteroatoms. The second-order valence-electron chi connectivity index (χ2n) is 4.27. The number of sulfonamides is 1. The van der Waals surface area contributed by atoms with Gasteiger partial charge in [0.25, 0.3) is 10.0 Å². The highest BCUT2D eigenvalue weighted by atomic mass is 32.2. The topological polar surface area (TPSA) is 128 Å². The van der Waals surface area contributed by atoms with Crippen LogP contribution in [0.25, 0.3) is 5.65 Å². The normalized spacial score (nSPS) is 11.7. The average molecular weight is 308 g/mol. The van der Waals surface area contributed by atoms with Gasteiger partial charge in [0.15, 0.2) is 11.6 Å². The number of pyridine rings is 1. The highest BCUT2D eigenvalue weighted by Crippen LogP contribution is 2.24. The summed E-state index contributed by atoms with van der Waals surface area (Å²) in [6.45, 7) is 1.66. The molecule has 21 heavy (non-hydrogen) atoms. The van der Waals surface area contributed by atoms with E-state index in [2.05, 4.69) is 20.3 Å². The lowest BCUT2D eigenvalue weighted by Gasteiger charge is -2.06. The van der Waals surface area contributed by atoms with E-state index in [9.17, 15) is 8.42 Å². The Morgan fingerprint density at radius 3 is 2.86 bits per heavy atom. The Morgan fingerprint density at radius 1 is 1.38 bits per heavy atom. The molecule has 0 fully saturated rings. The lowest BCUT2D eigenvalue weighted by molar-refractivity contribution is 0.400. The van der Waals surface area contributed by atoms with Gasteiger partial charge in [-0.1, -0.05) is 11.2 Å². The Labute approximate surface area is 119 Å². The molecule has 0 aliphatic carbocycles. The van der Waals surface area contributed by atoms with Gasteiger partial charge < -0.3 is 9.95 Å². The van der Waals surface area contributed by atoms with Crippen molar-refractivity contribution < 1.29 is 12.9 Å². The number of fused-ring (bicyclic) bond motifs is 1. The molecule has 0 saturated carbocycles. The number of anilines is 2.